The zero-order valence-electron chi connectivity index (χ0n) is 13.5. The third-order valence-corrected chi connectivity index (χ3v) is 3.40. The van der Waals surface area contributed by atoms with Crippen LogP contribution in [0.4, 0.5) is 0 Å². The first-order valence-corrected chi connectivity index (χ1v) is 7.64. The third-order valence-electron chi connectivity index (χ3n) is 3.40. The Morgan fingerprint density at radius 1 is 1.32 bits per heavy atom. The lowest BCUT2D eigenvalue weighted by molar-refractivity contribution is -0.122. The molecule has 2 aromatic rings. The number of imidazole rings is 1. The topological polar surface area (TPSA) is 85.8 Å². The number of carbonyl (C=O) groups is 1. The van der Waals surface area contributed by atoms with Gasteiger partial charge in [-0.15, -0.1) is 10.2 Å². The number of aryl methyl sites for hydroxylation is 2. The molecule has 2 rings (SSSR count). The van der Waals surface area contributed by atoms with Crippen molar-refractivity contribution in [2.45, 2.75) is 59.0 Å². The van der Waals surface area contributed by atoms with Crippen LogP contribution in [0.15, 0.2) is 16.8 Å². The first kappa shape index (κ1) is 16.2. The average Bonchev–Trinajstić information content (AvgIpc) is 3.13. The molecule has 0 fully saturated rings. The van der Waals surface area contributed by atoms with Crippen molar-refractivity contribution in [1.29, 1.82) is 0 Å². The Bertz CT molecular complexity index is 617. The maximum atomic E-state index is 12.0. The van der Waals surface area contributed by atoms with Gasteiger partial charge in [-0.3, -0.25) is 4.79 Å². The molecule has 1 atom stereocenters. The van der Waals surface area contributed by atoms with E-state index in [0.29, 0.717) is 24.7 Å². The highest BCUT2D eigenvalue weighted by Gasteiger charge is 2.17. The van der Waals surface area contributed by atoms with Gasteiger partial charge in [0.15, 0.2) is 0 Å². The number of aromatic nitrogens is 4. The zero-order valence-corrected chi connectivity index (χ0v) is 13.5. The number of nitrogens with zero attached hydrogens (tertiary/aromatic N) is 4. The monoisotopic (exact) mass is 305 g/mol. The Morgan fingerprint density at radius 3 is 2.68 bits per heavy atom. The Balaban J connectivity index is 1.85. The number of hydrogen-bond donors (Lipinski definition) is 1. The summed E-state index contributed by atoms with van der Waals surface area (Å²) in [6.07, 6.45) is 4.89. The minimum atomic E-state index is -0.291. The van der Waals surface area contributed by atoms with E-state index in [1.54, 1.807) is 6.20 Å². The summed E-state index contributed by atoms with van der Waals surface area (Å²) in [6.45, 7) is 8.46. The Kier molecular flexibility index (Phi) is 5.30. The molecule has 0 aliphatic carbocycles. The van der Waals surface area contributed by atoms with Gasteiger partial charge in [0, 0.05) is 37.7 Å². The van der Waals surface area contributed by atoms with Crippen LogP contribution in [0.1, 0.15) is 63.7 Å². The van der Waals surface area contributed by atoms with Gasteiger partial charge in [-0.25, -0.2) is 4.98 Å². The van der Waals surface area contributed by atoms with Crippen molar-refractivity contribution in [3.05, 3.63) is 30.0 Å². The van der Waals surface area contributed by atoms with Crippen molar-refractivity contribution < 1.29 is 9.21 Å². The largest absolute Gasteiger partial charge is 0.423 e. The van der Waals surface area contributed by atoms with Crippen LogP contribution in [0.3, 0.4) is 0 Å². The molecule has 0 radical (unpaired) electrons. The second-order valence-corrected chi connectivity index (χ2v) is 5.56. The minimum absolute atomic E-state index is 0.0486. The van der Waals surface area contributed by atoms with Crippen LogP contribution >= 0.6 is 0 Å². The van der Waals surface area contributed by atoms with E-state index < -0.39 is 0 Å². The summed E-state index contributed by atoms with van der Waals surface area (Å²) >= 11 is 0. The fraction of sp³-hybridized carbons (Fsp3) is 0.600. The molecule has 7 nitrogen and oxygen atoms in total. The van der Waals surface area contributed by atoms with E-state index in [-0.39, 0.29) is 17.9 Å². The number of carbonyl (C=O) groups excluding carboxylic acids is 1. The Morgan fingerprint density at radius 2 is 2.05 bits per heavy atom. The number of rotatable bonds is 7. The van der Waals surface area contributed by atoms with Gasteiger partial charge in [-0.1, -0.05) is 20.8 Å². The SMILES string of the molecule is CCc1nccn1CCC(=O)NC(C)c1nnc(C(C)C)o1. The summed E-state index contributed by atoms with van der Waals surface area (Å²) in [5, 5.41) is 10.8. The molecule has 0 aliphatic rings. The minimum Gasteiger partial charge on any atom is -0.423 e. The number of nitrogens with one attached hydrogen (secondary N) is 1. The summed E-state index contributed by atoms with van der Waals surface area (Å²) in [5.41, 5.74) is 0. The molecule has 7 heteroatoms. The highest BCUT2D eigenvalue weighted by molar-refractivity contribution is 5.76. The quantitative estimate of drug-likeness (QED) is 0.847. The molecule has 120 valence electrons. The standard InChI is InChI=1S/C15H23N5O2/c1-5-12-16-7-9-20(12)8-6-13(21)17-11(4)15-19-18-14(22-15)10(2)3/h7,9-11H,5-6,8H2,1-4H3,(H,17,21). The summed E-state index contributed by atoms with van der Waals surface area (Å²) < 4.78 is 7.54. The van der Waals surface area contributed by atoms with Gasteiger partial charge in [0.2, 0.25) is 17.7 Å². The van der Waals surface area contributed by atoms with Gasteiger partial charge >= 0.3 is 0 Å². The molecule has 1 N–H and O–H groups in total. The Hall–Kier alpha value is -2.18. The predicted octanol–water partition coefficient (Wildman–Crippen LogP) is 2.22. The lowest BCUT2D eigenvalue weighted by Gasteiger charge is -2.11. The van der Waals surface area contributed by atoms with Crippen molar-refractivity contribution in [3.63, 3.8) is 0 Å². The molecule has 22 heavy (non-hydrogen) atoms. The van der Waals surface area contributed by atoms with Gasteiger partial charge in [0.1, 0.15) is 11.9 Å². The molecule has 0 aliphatic heterocycles. The maximum absolute atomic E-state index is 12.0. The second-order valence-electron chi connectivity index (χ2n) is 5.56. The van der Waals surface area contributed by atoms with Crippen molar-refractivity contribution in [3.8, 4) is 0 Å². The van der Waals surface area contributed by atoms with Crippen LogP contribution in [0, 0.1) is 0 Å². The lowest BCUT2D eigenvalue weighted by Crippen LogP contribution is -2.27. The van der Waals surface area contributed by atoms with E-state index in [4.69, 9.17) is 4.42 Å². The fourth-order valence-electron chi connectivity index (χ4n) is 2.11. The highest BCUT2D eigenvalue weighted by Crippen LogP contribution is 2.16. The van der Waals surface area contributed by atoms with Crippen molar-refractivity contribution in [1.82, 2.24) is 25.1 Å². The second kappa shape index (κ2) is 7.20. The zero-order chi connectivity index (χ0) is 16.1. The average molecular weight is 305 g/mol. The van der Waals surface area contributed by atoms with Crippen LogP contribution in [0.5, 0.6) is 0 Å². The van der Waals surface area contributed by atoms with Crippen LogP contribution in [0.2, 0.25) is 0 Å². The van der Waals surface area contributed by atoms with Crippen LogP contribution in [-0.2, 0) is 17.8 Å². The summed E-state index contributed by atoms with van der Waals surface area (Å²) in [4.78, 5) is 16.3. The van der Waals surface area contributed by atoms with Crippen LogP contribution in [-0.4, -0.2) is 25.7 Å². The molecule has 2 aromatic heterocycles. The smallest absolute Gasteiger partial charge is 0.238 e. The Labute approximate surface area is 130 Å². The van der Waals surface area contributed by atoms with Crippen molar-refractivity contribution >= 4 is 5.91 Å². The molecular formula is C15H23N5O2. The van der Waals surface area contributed by atoms with Gasteiger partial charge in [0.25, 0.3) is 0 Å². The molecule has 0 aromatic carbocycles. The maximum Gasteiger partial charge on any atom is 0.238 e. The highest BCUT2D eigenvalue weighted by atomic mass is 16.4. The van der Waals surface area contributed by atoms with Crippen molar-refractivity contribution in [2.75, 3.05) is 0 Å². The van der Waals surface area contributed by atoms with E-state index in [9.17, 15) is 4.79 Å². The molecule has 1 amide bonds. The predicted molar refractivity (Wildman–Crippen MR) is 81.2 cm³/mol. The van der Waals surface area contributed by atoms with E-state index in [2.05, 4.69) is 20.5 Å². The number of amides is 1. The van der Waals surface area contributed by atoms with Gasteiger partial charge in [-0.05, 0) is 6.92 Å². The molecule has 0 bridgehead atoms. The molecule has 0 saturated heterocycles. The first-order chi connectivity index (χ1) is 10.5. The van der Waals surface area contributed by atoms with Crippen LogP contribution < -0.4 is 5.32 Å². The lowest BCUT2D eigenvalue weighted by atomic mass is 10.2. The van der Waals surface area contributed by atoms with E-state index >= 15 is 0 Å². The summed E-state index contributed by atoms with van der Waals surface area (Å²) in [5.74, 6) is 2.14. The molecule has 2 heterocycles. The molecule has 1 unspecified atom stereocenters. The summed E-state index contributed by atoms with van der Waals surface area (Å²) in [6, 6.07) is -0.291. The first-order valence-electron chi connectivity index (χ1n) is 7.64. The van der Waals surface area contributed by atoms with Crippen LogP contribution in [0.25, 0.3) is 0 Å². The van der Waals surface area contributed by atoms with Gasteiger partial charge < -0.3 is 14.3 Å². The van der Waals surface area contributed by atoms with E-state index in [1.165, 1.54) is 0 Å². The van der Waals surface area contributed by atoms with Gasteiger partial charge in [-0.2, -0.15) is 0 Å². The third kappa shape index (κ3) is 3.93. The van der Waals surface area contributed by atoms with Gasteiger partial charge in [0.05, 0.1) is 0 Å². The number of hydrogen-bond acceptors (Lipinski definition) is 5. The van der Waals surface area contributed by atoms with Crippen molar-refractivity contribution in [2.24, 2.45) is 0 Å². The molecule has 0 spiro atoms. The fourth-order valence-corrected chi connectivity index (χ4v) is 2.11. The molecule has 0 saturated carbocycles. The summed E-state index contributed by atoms with van der Waals surface area (Å²) in [7, 11) is 0. The molecular weight excluding hydrogens is 282 g/mol. The normalized spacial score (nSPS) is 12.6. The van der Waals surface area contributed by atoms with E-state index in [1.807, 2.05) is 38.5 Å². The van der Waals surface area contributed by atoms with E-state index in [0.717, 1.165) is 12.2 Å².